The van der Waals surface area contributed by atoms with E-state index in [1.807, 2.05) is 30.3 Å². The van der Waals surface area contributed by atoms with Gasteiger partial charge in [-0.2, -0.15) is 0 Å². The Hall–Kier alpha value is -2.23. The van der Waals surface area contributed by atoms with E-state index in [0.717, 1.165) is 5.69 Å². The van der Waals surface area contributed by atoms with Crippen molar-refractivity contribution in [1.82, 2.24) is 15.0 Å². The number of carbonyl (C=O) groups excluding carboxylic acids is 1. The molecule has 0 aliphatic carbocycles. The monoisotopic (exact) mass is 213 g/mol. The fraction of sp³-hybridized carbons (Fsp3) is 0.0833. The van der Waals surface area contributed by atoms with Crippen molar-refractivity contribution >= 4 is 5.78 Å². The average molecular weight is 213 g/mol. The summed E-state index contributed by atoms with van der Waals surface area (Å²) in [6.07, 6.45) is 3.34. The van der Waals surface area contributed by atoms with Crippen LogP contribution in [-0.2, 0) is 0 Å². The number of allylic oxidation sites excluding steroid dienone is 1. The summed E-state index contributed by atoms with van der Waals surface area (Å²) >= 11 is 0. The summed E-state index contributed by atoms with van der Waals surface area (Å²) in [7, 11) is 0. The molecule has 0 fully saturated rings. The lowest BCUT2D eigenvalue weighted by molar-refractivity contribution is 0.0988. The van der Waals surface area contributed by atoms with Crippen LogP contribution in [0.25, 0.3) is 5.69 Å². The molecule has 2 rings (SSSR count). The van der Waals surface area contributed by atoms with Crippen molar-refractivity contribution < 1.29 is 4.79 Å². The molecule has 4 heteroatoms. The van der Waals surface area contributed by atoms with E-state index in [1.54, 1.807) is 6.08 Å². The van der Waals surface area contributed by atoms with Crippen LogP contribution in [0.15, 0.2) is 49.2 Å². The van der Waals surface area contributed by atoms with Crippen LogP contribution in [0.1, 0.15) is 16.9 Å². The van der Waals surface area contributed by atoms with Crippen molar-refractivity contribution in [3.63, 3.8) is 0 Å². The Morgan fingerprint density at radius 3 is 2.81 bits per heavy atom. The summed E-state index contributed by atoms with van der Waals surface area (Å²) in [5.74, 6) is -0.0381. The Bertz CT molecular complexity index is 502. The Morgan fingerprint density at radius 1 is 1.38 bits per heavy atom. The number of aromatic nitrogens is 3. The van der Waals surface area contributed by atoms with E-state index < -0.39 is 0 Å². The molecule has 0 atom stereocenters. The Morgan fingerprint density at radius 2 is 2.12 bits per heavy atom. The van der Waals surface area contributed by atoms with Crippen LogP contribution in [0.5, 0.6) is 0 Å². The maximum atomic E-state index is 11.7. The SMILES string of the molecule is C=CCC(=O)c1cnnn1-c1ccccc1. The number of para-hydroxylation sites is 1. The molecule has 1 heterocycles. The number of Topliss-reactive ketones (excluding diaryl/α,β-unsaturated/α-hetero) is 1. The van der Waals surface area contributed by atoms with Crippen LogP contribution in [0.3, 0.4) is 0 Å². The number of nitrogens with zero attached hydrogens (tertiary/aromatic N) is 3. The molecule has 0 saturated carbocycles. The highest BCUT2D eigenvalue weighted by atomic mass is 16.1. The Kier molecular flexibility index (Phi) is 2.91. The normalized spacial score (nSPS) is 10.0. The van der Waals surface area contributed by atoms with Crippen molar-refractivity contribution in [2.75, 3.05) is 0 Å². The summed E-state index contributed by atoms with van der Waals surface area (Å²) in [6, 6.07) is 9.43. The molecule has 1 aromatic carbocycles. The fourth-order valence-corrected chi connectivity index (χ4v) is 1.42. The van der Waals surface area contributed by atoms with Crippen molar-refractivity contribution in [1.29, 1.82) is 0 Å². The maximum absolute atomic E-state index is 11.7. The molecule has 0 N–H and O–H groups in total. The number of benzene rings is 1. The van der Waals surface area contributed by atoms with Gasteiger partial charge in [-0.25, -0.2) is 4.68 Å². The molecular formula is C12H11N3O. The molecule has 16 heavy (non-hydrogen) atoms. The molecule has 0 aliphatic rings. The summed E-state index contributed by atoms with van der Waals surface area (Å²) in [6.45, 7) is 3.54. The third-order valence-corrected chi connectivity index (χ3v) is 2.17. The lowest BCUT2D eigenvalue weighted by Gasteiger charge is -2.03. The Labute approximate surface area is 93.2 Å². The lowest BCUT2D eigenvalue weighted by Crippen LogP contribution is -2.07. The predicted octanol–water partition coefficient (Wildman–Crippen LogP) is 2.03. The van der Waals surface area contributed by atoms with Gasteiger partial charge in [0.05, 0.1) is 11.9 Å². The van der Waals surface area contributed by atoms with E-state index >= 15 is 0 Å². The molecular weight excluding hydrogens is 202 g/mol. The molecule has 0 radical (unpaired) electrons. The molecule has 80 valence electrons. The summed E-state index contributed by atoms with van der Waals surface area (Å²) in [5.41, 5.74) is 1.30. The first kappa shape index (κ1) is 10.3. The van der Waals surface area contributed by atoms with E-state index in [2.05, 4.69) is 16.9 Å². The largest absolute Gasteiger partial charge is 0.292 e. The summed E-state index contributed by atoms with van der Waals surface area (Å²) in [4.78, 5) is 11.7. The molecule has 0 bridgehead atoms. The third-order valence-electron chi connectivity index (χ3n) is 2.17. The van der Waals surface area contributed by atoms with Crippen LogP contribution >= 0.6 is 0 Å². The van der Waals surface area contributed by atoms with E-state index in [-0.39, 0.29) is 5.78 Å². The molecule has 1 aromatic heterocycles. The van der Waals surface area contributed by atoms with Crippen LogP contribution in [0.4, 0.5) is 0 Å². The fourth-order valence-electron chi connectivity index (χ4n) is 1.42. The van der Waals surface area contributed by atoms with Gasteiger partial charge in [0, 0.05) is 6.42 Å². The maximum Gasteiger partial charge on any atom is 0.186 e. The number of ketones is 1. The molecule has 2 aromatic rings. The van der Waals surface area contributed by atoms with Gasteiger partial charge in [-0.15, -0.1) is 11.7 Å². The van der Waals surface area contributed by atoms with Crippen molar-refractivity contribution in [3.8, 4) is 5.69 Å². The zero-order valence-corrected chi connectivity index (χ0v) is 8.71. The minimum Gasteiger partial charge on any atom is -0.292 e. The van der Waals surface area contributed by atoms with Crippen LogP contribution in [0.2, 0.25) is 0 Å². The van der Waals surface area contributed by atoms with Crippen LogP contribution in [0, 0.1) is 0 Å². The number of rotatable bonds is 4. The molecule has 0 unspecified atom stereocenters. The van der Waals surface area contributed by atoms with Gasteiger partial charge < -0.3 is 0 Å². The van der Waals surface area contributed by atoms with Gasteiger partial charge in [0.25, 0.3) is 0 Å². The predicted molar refractivity (Wildman–Crippen MR) is 60.5 cm³/mol. The minimum atomic E-state index is -0.0381. The van der Waals surface area contributed by atoms with E-state index in [9.17, 15) is 4.79 Å². The van der Waals surface area contributed by atoms with Crippen molar-refractivity contribution in [3.05, 3.63) is 54.9 Å². The standard InChI is InChI=1S/C12H11N3O/c1-2-6-12(16)11-9-13-14-15(11)10-7-4-3-5-8-10/h2-5,7-9H,1,6H2. The number of hydrogen-bond acceptors (Lipinski definition) is 3. The van der Waals surface area contributed by atoms with Gasteiger partial charge in [-0.1, -0.05) is 29.5 Å². The highest BCUT2D eigenvalue weighted by Gasteiger charge is 2.12. The second-order valence-corrected chi connectivity index (χ2v) is 3.28. The summed E-state index contributed by atoms with van der Waals surface area (Å²) in [5, 5.41) is 7.66. The highest BCUT2D eigenvalue weighted by Crippen LogP contribution is 2.10. The van der Waals surface area contributed by atoms with Crippen LogP contribution in [-0.4, -0.2) is 20.8 Å². The first-order chi connectivity index (χ1) is 7.83. The van der Waals surface area contributed by atoms with Gasteiger partial charge in [-0.05, 0) is 12.1 Å². The number of carbonyl (C=O) groups is 1. The average Bonchev–Trinajstić information content (AvgIpc) is 2.79. The molecule has 0 spiro atoms. The van der Waals surface area contributed by atoms with E-state index in [1.165, 1.54) is 10.9 Å². The van der Waals surface area contributed by atoms with Gasteiger partial charge in [0.1, 0.15) is 5.69 Å². The smallest absolute Gasteiger partial charge is 0.186 e. The summed E-state index contributed by atoms with van der Waals surface area (Å²) < 4.78 is 1.53. The van der Waals surface area contributed by atoms with Gasteiger partial charge in [0.15, 0.2) is 5.78 Å². The zero-order chi connectivity index (χ0) is 11.4. The first-order valence-corrected chi connectivity index (χ1v) is 4.93. The first-order valence-electron chi connectivity index (χ1n) is 4.93. The minimum absolute atomic E-state index is 0.0381. The van der Waals surface area contributed by atoms with Crippen molar-refractivity contribution in [2.45, 2.75) is 6.42 Å². The van der Waals surface area contributed by atoms with Gasteiger partial charge in [0.2, 0.25) is 0 Å². The topological polar surface area (TPSA) is 47.8 Å². The number of hydrogen-bond donors (Lipinski definition) is 0. The second-order valence-electron chi connectivity index (χ2n) is 3.28. The molecule has 4 nitrogen and oxygen atoms in total. The molecule has 0 saturated heterocycles. The third kappa shape index (κ3) is 1.91. The quantitative estimate of drug-likeness (QED) is 0.576. The zero-order valence-electron chi connectivity index (χ0n) is 8.71. The van der Waals surface area contributed by atoms with E-state index in [0.29, 0.717) is 12.1 Å². The molecule has 0 aliphatic heterocycles. The van der Waals surface area contributed by atoms with Crippen LogP contribution < -0.4 is 0 Å². The second kappa shape index (κ2) is 4.53. The van der Waals surface area contributed by atoms with E-state index in [4.69, 9.17) is 0 Å². The van der Waals surface area contributed by atoms with Gasteiger partial charge >= 0.3 is 0 Å². The highest BCUT2D eigenvalue weighted by molar-refractivity contribution is 5.95. The van der Waals surface area contributed by atoms with Gasteiger partial charge in [-0.3, -0.25) is 4.79 Å². The molecule has 0 amide bonds. The lowest BCUT2D eigenvalue weighted by atomic mass is 10.2. The van der Waals surface area contributed by atoms with Crippen molar-refractivity contribution in [2.24, 2.45) is 0 Å². The Balaban J connectivity index is 2.40.